The molecular weight excluding hydrogens is 210 g/mol. The number of likely N-dealkylation sites (N-methyl/N-ethyl adjacent to an activating group) is 1. The zero-order chi connectivity index (χ0) is 10.4. The van der Waals surface area contributed by atoms with Crippen LogP contribution in [0.15, 0.2) is 29.7 Å². The third kappa shape index (κ3) is 3.86. The number of hydrogen-bond donors (Lipinski definition) is 1. The van der Waals surface area contributed by atoms with E-state index >= 15 is 0 Å². The third-order valence-corrected chi connectivity index (χ3v) is 3.39. The number of hydrogen-bond acceptors (Lipinski definition) is 3. The molecule has 0 spiro atoms. The Balaban J connectivity index is 2.43. The Hall–Kier alpha value is -0.250. The Morgan fingerprint density at radius 2 is 2.43 bits per heavy atom. The minimum Gasteiger partial charge on any atom is -0.295 e. The van der Waals surface area contributed by atoms with Crippen molar-refractivity contribution in [1.82, 2.24) is 4.90 Å². The monoisotopic (exact) mass is 227 g/mol. The first kappa shape index (κ1) is 11.8. The van der Waals surface area contributed by atoms with Crippen molar-refractivity contribution in [2.24, 2.45) is 0 Å². The highest BCUT2D eigenvalue weighted by Crippen LogP contribution is 2.12. The first-order chi connectivity index (χ1) is 6.76. The summed E-state index contributed by atoms with van der Waals surface area (Å²) in [6.07, 6.45) is 0. The average Bonchev–Trinajstić information content (AvgIpc) is 2.69. The molecule has 1 rings (SSSR count). The molecule has 0 N–H and O–H groups in total. The van der Waals surface area contributed by atoms with Crippen LogP contribution in [0, 0.1) is 0 Å². The van der Waals surface area contributed by atoms with E-state index in [0.29, 0.717) is 0 Å². The van der Waals surface area contributed by atoms with Crippen molar-refractivity contribution in [3.63, 3.8) is 0 Å². The van der Waals surface area contributed by atoms with E-state index in [1.54, 1.807) is 0 Å². The molecule has 78 valence electrons. The summed E-state index contributed by atoms with van der Waals surface area (Å²) in [5.74, 6) is 0.779. The second-order valence-corrected chi connectivity index (χ2v) is 4.64. The third-order valence-electron chi connectivity index (χ3n) is 2.08. The Morgan fingerprint density at radius 3 is 2.93 bits per heavy atom. The van der Waals surface area contributed by atoms with Crippen LogP contribution in [-0.2, 0) is 6.54 Å². The summed E-state index contributed by atoms with van der Waals surface area (Å²) in [4.78, 5) is 3.79. The van der Waals surface area contributed by atoms with Crippen molar-refractivity contribution in [1.29, 1.82) is 0 Å². The fraction of sp³-hybridized carbons (Fsp3) is 0.455. The van der Waals surface area contributed by atoms with Crippen molar-refractivity contribution in [3.8, 4) is 0 Å². The maximum Gasteiger partial charge on any atom is 0.0331 e. The maximum absolute atomic E-state index is 4.22. The van der Waals surface area contributed by atoms with Crippen LogP contribution in [0.4, 0.5) is 0 Å². The van der Waals surface area contributed by atoms with Crippen LogP contribution in [0.1, 0.15) is 11.8 Å². The van der Waals surface area contributed by atoms with Gasteiger partial charge < -0.3 is 0 Å². The van der Waals surface area contributed by atoms with Gasteiger partial charge >= 0.3 is 0 Å². The Morgan fingerprint density at radius 1 is 1.64 bits per heavy atom. The lowest BCUT2D eigenvalue weighted by atomic mass is 10.3. The van der Waals surface area contributed by atoms with E-state index in [1.165, 1.54) is 10.5 Å². The molecule has 0 amide bonds. The molecule has 1 nitrogen and oxygen atoms in total. The second kappa shape index (κ2) is 6.27. The lowest BCUT2D eigenvalue weighted by Crippen LogP contribution is -2.24. The number of rotatable bonds is 6. The Labute approximate surface area is 95.9 Å². The number of nitrogens with zero attached hydrogens (tertiary/aromatic N) is 1. The molecule has 1 aromatic heterocycles. The molecule has 0 unspecified atom stereocenters. The number of thiophene rings is 1. The summed E-state index contributed by atoms with van der Waals surface area (Å²) in [6, 6.07) is 4.28. The predicted octanol–water partition coefficient (Wildman–Crippen LogP) is 3.06. The summed E-state index contributed by atoms with van der Waals surface area (Å²) >= 11 is 6.03. The molecule has 0 bridgehead atoms. The molecule has 0 saturated heterocycles. The quantitative estimate of drug-likeness (QED) is 0.577. The van der Waals surface area contributed by atoms with Gasteiger partial charge in [0.2, 0.25) is 0 Å². The summed E-state index contributed by atoms with van der Waals surface area (Å²) in [7, 11) is 0. The van der Waals surface area contributed by atoms with Crippen LogP contribution < -0.4 is 0 Å². The SMILES string of the molecule is C=C(CS)CN(CC)Cc1cccs1. The molecule has 0 aliphatic rings. The van der Waals surface area contributed by atoms with E-state index in [-0.39, 0.29) is 0 Å². The average molecular weight is 227 g/mol. The van der Waals surface area contributed by atoms with Gasteiger partial charge in [-0.25, -0.2) is 0 Å². The van der Waals surface area contributed by atoms with Gasteiger partial charge in [0, 0.05) is 23.7 Å². The van der Waals surface area contributed by atoms with Crippen LogP contribution >= 0.6 is 24.0 Å². The summed E-state index contributed by atoms with van der Waals surface area (Å²) in [6.45, 7) is 9.20. The molecule has 0 saturated carbocycles. The minimum absolute atomic E-state index is 0.779. The smallest absolute Gasteiger partial charge is 0.0331 e. The number of thiol groups is 1. The van der Waals surface area contributed by atoms with Crippen LogP contribution in [0.2, 0.25) is 0 Å². The first-order valence-corrected chi connectivity index (χ1v) is 6.29. The maximum atomic E-state index is 4.22. The first-order valence-electron chi connectivity index (χ1n) is 4.78. The molecule has 3 heteroatoms. The minimum atomic E-state index is 0.779. The van der Waals surface area contributed by atoms with Gasteiger partial charge in [0.15, 0.2) is 0 Å². The molecule has 14 heavy (non-hydrogen) atoms. The molecule has 0 fully saturated rings. The van der Waals surface area contributed by atoms with Gasteiger partial charge in [-0.15, -0.1) is 11.3 Å². The second-order valence-electron chi connectivity index (χ2n) is 3.29. The predicted molar refractivity (Wildman–Crippen MR) is 68.3 cm³/mol. The highest BCUT2D eigenvalue weighted by molar-refractivity contribution is 7.80. The van der Waals surface area contributed by atoms with E-state index in [4.69, 9.17) is 0 Å². The van der Waals surface area contributed by atoms with E-state index in [0.717, 1.165) is 25.4 Å². The van der Waals surface area contributed by atoms with E-state index in [2.05, 4.69) is 48.5 Å². The Bertz CT molecular complexity index is 267. The van der Waals surface area contributed by atoms with Crippen molar-refractivity contribution in [2.45, 2.75) is 13.5 Å². The van der Waals surface area contributed by atoms with E-state index in [9.17, 15) is 0 Å². The topological polar surface area (TPSA) is 3.24 Å². The molecule has 0 aromatic carbocycles. The summed E-state index contributed by atoms with van der Waals surface area (Å²) in [5, 5.41) is 2.12. The van der Waals surface area contributed by atoms with Crippen molar-refractivity contribution >= 4 is 24.0 Å². The lowest BCUT2D eigenvalue weighted by Gasteiger charge is -2.20. The normalized spacial score (nSPS) is 10.8. The van der Waals surface area contributed by atoms with Crippen LogP contribution in [0.25, 0.3) is 0 Å². The van der Waals surface area contributed by atoms with Crippen molar-refractivity contribution in [2.75, 3.05) is 18.8 Å². The van der Waals surface area contributed by atoms with Crippen LogP contribution in [0.5, 0.6) is 0 Å². The van der Waals surface area contributed by atoms with Gasteiger partial charge in [-0.1, -0.05) is 25.1 Å². The van der Waals surface area contributed by atoms with Gasteiger partial charge in [-0.2, -0.15) is 12.6 Å². The van der Waals surface area contributed by atoms with Gasteiger partial charge in [-0.05, 0) is 18.0 Å². The Kier molecular flexibility index (Phi) is 5.30. The molecular formula is C11H17NS2. The molecule has 0 atom stereocenters. The zero-order valence-electron chi connectivity index (χ0n) is 8.57. The van der Waals surface area contributed by atoms with Gasteiger partial charge in [0.05, 0.1) is 0 Å². The van der Waals surface area contributed by atoms with Gasteiger partial charge in [-0.3, -0.25) is 4.90 Å². The molecule has 1 aromatic rings. The van der Waals surface area contributed by atoms with Crippen LogP contribution in [0.3, 0.4) is 0 Å². The fourth-order valence-electron chi connectivity index (χ4n) is 1.27. The molecule has 0 radical (unpaired) electrons. The molecule has 0 aliphatic heterocycles. The summed E-state index contributed by atoms with van der Waals surface area (Å²) in [5.41, 5.74) is 1.19. The van der Waals surface area contributed by atoms with Crippen molar-refractivity contribution in [3.05, 3.63) is 34.5 Å². The zero-order valence-corrected chi connectivity index (χ0v) is 10.3. The highest BCUT2D eigenvalue weighted by Gasteiger charge is 2.05. The lowest BCUT2D eigenvalue weighted by molar-refractivity contribution is 0.307. The highest BCUT2D eigenvalue weighted by atomic mass is 32.1. The fourth-order valence-corrected chi connectivity index (χ4v) is 2.11. The van der Waals surface area contributed by atoms with Gasteiger partial charge in [0.25, 0.3) is 0 Å². The summed E-state index contributed by atoms with van der Waals surface area (Å²) < 4.78 is 0. The van der Waals surface area contributed by atoms with Crippen LogP contribution in [-0.4, -0.2) is 23.7 Å². The standard InChI is InChI=1S/C11H17NS2/c1-3-12(7-10(2)9-13)8-11-5-4-6-14-11/h4-6,13H,2-3,7-9H2,1H3. The van der Waals surface area contributed by atoms with E-state index in [1.807, 2.05) is 11.3 Å². The molecule has 0 aliphatic carbocycles. The van der Waals surface area contributed by atoms with E-state index < -0.39 is 0 Å². The largest absolute Gasteiger partial charge is 0.295 e. The molecule has 1 heterocycles. The van der Waals surface area contributed by atoms with Gasteiger partial charge in [0.1, 0.15) is 0 Å². The van der Waals surface area contributed by atoms with Crippen molar-refractivity contribution < 1.29 is 0 Å².